The number of hydrogen-bond donors (Lipinski definition) is 1. The number of ether oxygens (including phenoxy) is 1. The topological polar surface area (TPSA) is 75.9 Å². The molecule has 4 rings (SSSR count). The van der Waals surface area contributed by atoms with Crippen molar-refractivity contribution in [1.82, 2.24) is 14.3 Å². The number of fused-ring (bicyclic) bond motifs is 1. The molecule has 0 aliphatic carbocycles. The van der Waals surface area contributed by atoms with Crippen molar-refractivity contribution >= 4 is 23.0 Å². The Hall–Kier alpha value is -3.26. The number of carbonyl (C=O) groups excluding carboxylic acids is 2. The maximum absolute atomic E-state index is 13.4. The summed E-state index contributed by atoms with van der Waals surface area (Å²) < 4.78 is 20.2. The number of carbonyl (C=O) groups is 2. The Balaban J connectivity index is 1.69. The van der Waals surface area contributed by atoms with Crippen LogP contribution in [0.2, 0.25) is 0 Å². The van der Waals surface area contributed by atoms with Crippen LogP contribution in [0, 0.1) is 5.82 Å². The number of hydrogen-bond acceptors (Lipinski definition) is 4. The van der Waals surface area contributed by atoms with E-state index >= 15 is 0 Å². The van der Waals surface area contributed by atoms with Gasteiger partial charge in [0.05, 0.1) is 18.7 Å². The van der Waals surface area contributed by atoms with E-state index in [1.54, 1.807) is 39.8 Å². The van der Waals surface area contributed by atoms with Crippen LogP contribution in [0.25, 0.3) is 5.52 Å². The van der Waals surface area contributed by atoms with Gasteiger partial charge >= 0.3 is 0 Å². The van der Waals surface area contributed by atoms with E-state index < -0.39 is 11.7 Å². The number of rotatable bonds is 3. The Bertz CT molecular complexity index is 1010. The second-order valence-electron chi connectivity index (χ2n) is 6.11. The number of aromatic nitrogens is 2. The quantitative estimate of drug-likeness (QED) is 0.769. The zero-order valence-electron chi connectivity index (χ0n) is 14.4. The maximum Gasteiger partial charge on any atom is 0.292 e. The van der Waals surface area contributed by atoms with Gasteiger partial charge in [-0.1, -0.05) is 12.1 Å². The number of nitrogens with zero attached hydrogens (tertiary/aromatic N) is 3. The average molecular weight is 368 g/mol. The smallest absolute Gasteiger partial charge is 0.292 e. The van der Waals surface area contributed by atoms with Gasteiger partial charge in [-0.05, 0) is 30.3 Å². The van der Waals surface area contributed by atoms with Crippen molar-refractivity contribution in [3.05, 3.63) is 66.0 Å². The molecule has 1 saturated heterocycles. The van der Waals surface area contributed by atoms with Crippen LogP contribution in [0.4, 0.5) is 10.1 Å². The molecule has 0 atom stereocenters. The monoisotopic (exact) mass is 368 g/mol. The van der Waals surface area contributed by atoms with Gasteiger partial charge in [-0.25, -0.2) is 9.37 Å². The summed E-state index contributed by atoms with van der Waals surface area (Å²) in [5.41, 5.74) is 1.06. The molecule has 0 radical (unpaired) electrons. The van der Waals surface area contributed by atoms with Gasteiger partial charge in [-0.2, -0.15) is 0 Å². The Morgan fingerprint density at radius 2 is 1.93 bits per heavy atom. The van der Waals surface area contributed by atoms with Crippen LogP contribution < -0.4 is 5.32 Å². The summed E-state index contributed by atoms with van der Waals surface area (Å²) in [5.74, 6) is -1.16. The van der Waals surface area contributed by atoms with Gasteiger partial charge in [0.25, 0.3) is 11.8 Å². The number of benzene rings is 1. The van der Waals surface area contributed by atoms with E-state index in [0.29, 0.717) is 37.5 Å². The van der Waals surface area contributed by atoms with Gasteiger partial charge in [-0.3, -0.25) is 14.0 Å². The third-order valence-electron chi connectivity index (χ3n) is 4.33. The molecule has 0 unspecified atom stereocenters. The van der Waals surface area contributed by atoms with Crippen LogP contribution in [0.3, 0.4) is 0 Å². The molecule has 0 spiro atoms. The lowest BCUT2D eigenvalue weighted by Crippen LogP contribution is -2.40. The molecule has 0 saturated carbocycles. The molecule has 8 heteroatoms. The van der Waals surface area contributed by atoms with Crippen molar-refractivity contribution in [3.8, 4) is 0 Å². The van der Waals surface area contributed by atoms with Gasteiger partial charge in [0.15, 0.2) is 5.69 Å². The van der Waals surface area contributed by atoms with Gasteiger partial charge in [-0.15, -0.1) is 0 Å². The summed E-state index contributed by atoms with van der Waals surface area (Å²) in [5, 5.41) is 2.62. The average Bonchev–Trinajstić information content (AvgIpc) is 3.08. The predicted octanol–water partition coefficient (Wildman–Crippen LogP) is 2.20. The molecular weight excluding hydrogens is 351 g/mol. The molecule has 2 amide bonds. The lowest BCUT2D eigenvalue weighted by atomic mass is 10.3. The van der Waals surface area contributed by atoms with Crippen molar-refractivity contribution in [2.45, 2.75) is 0 Å². The van der Waals surface area contributed by atoms with Gasteiger partial charge < -0.3 is 15.0 Å². The number of imidazole rings is 1. The van der Waals surface area contributed by atoms with Gasteiger partial charge in [0, 0.05) is 25.0 Å². The molecule has 0 bridgehead atoms. The van der Waals surface area contributed by atoms with Crippen molar-refractivity contribution in [2.24, 2.45) is 0 Å². The van der Waals surface area contributed by atoms with E-state index in [-0.39, 0.29) is 17.4 Å². The molecule has 7 nitrogen and oxygen atoms in total. The molecule has 27 heavy (non-hydrogen) atoms. The summed E-state index contributed by atoms with van der Waals surface area (Å²) in [6.45, 7) is 1.92. The first-order valence-electron chi connectivity index (χ1n) is 8.54. The molecule has 1 aromatic carbocycles. The molecule has 1 aliphatic rings. The first kappa shape index (κ1) is 17.2. The van der Waals surface area contributed by atoms with E-state index in [1.165, 1.54) is 18.2 Å². The van der Waals surface area contributed by atoms with Crippen LogP contribution >= 0.6 is 0 Å². The number of anilines is 1. The molecule has 1 fully saturated rings. The van der Waals surface area contributed by atoms with E-state index in [1.807, 2.05) is 0 Å². The number of halogens is 1. The number of morpholine rings is 1. The maximum atomic E-state index is 13.4. The van der Waals surface area contributed by atoms with Gasteiger partial charge in [0.1, 0.15) is 5.82 Å². The Labute approximate surface area is 154 Å². The minimum atomic E-state index is -0.525. The fourth-order valence-electron chi connectivity index (χ4n) is 3.02. The second-order valence-corrected chi connectivity index (χ2v) is 6.11. The summed E-state index contributed by atoms with van der Waals surface area (Å²) in [7, 11) is 0. The van der Waals surface area contributed by atoms with Crippen LogP contribution in [-0.2, 0) is 4.74 Å². The molecule has 1 N–H and O–H groups in total. The predicted molar refractivity (Wildman–Crippen MR) is 96.3 cm³/mol. The van der Waals surface area contributed by atoms with Crippen LogP contribution in [0.5, 0.6) is 0 Å². The van der Waals surface area contributed by atoms with Crippen molar-refractivity contribution in [3.63, 3.8) is 0 Å². The Kier molecular flexibility index (Phi) is 4.55. The standard InChI is InChI=1S/C19H17FN4O3/c20-13-4-3-5-14(12-13)21-18(25)17-22-16(15-6-1-2-7-24(15)17)19(26)23-8-10-27-11-9-23/h1-7,12H,8-11H2,(H,21,25). The summed E-state index contributed by atoms with van der Waals surface area (Å²) in [6, 6.07) is 10.9. The summed E-state index contributed by atoms with van der Waals surface area (Å²) >= 11 is 0. The third-order valence-corrected chi connectivity index (χ3v) is 4.33. The molecule has 1 aliphatic heterocycles. The van der Waals surface area contributed by atoms with E-state index in [2.05, 4.69) is 10.3 Å². The zero-order valence-corrected chi connectivity index (χ0v) is 14.4. The molecule has 3 aromatic rings. The van der Waals surface area contributed by atoms with Crippen molar-refractivity contribution in [2.75, 3.05) is 31.6 Å². The minimum Gasteiger partial charge on any atom is -0.378 e. The number of amides is 2. The summed E-state index contributed by atoms with van der Waals surface area (Å²) in [4.78, 5) is 31.5. The SMILES string of the molecule is O=C(Nc1cccc(F)c1)c1nc(C(=O)N2CCOCC2)c2ccccn12. The highest BCUT2D eigenvalue weighted by Crippen LogP contribution is 2.18. The van der Waals surface area contributed by atoms with Crippen molar-refractivity contribution in [1.29, 1.82) is 0 Å². The second kappa shape index (κ2) is 7.16. The summed E-state index contributed by atoms with van der Waals surface area (Å²) in [6.07, 6.45) is 1.67. The Morgan fingerprint density at radius 3 is 2.70 bits per heavy atom. The van der Waals surface area contributed by atoms with E-state index in [0.717, 1.165) is 0 Å². The van der Waals surface area contributed by atoms with E-state index in [9.17, 15) is 14.0 Å². The minimum absolute atomic E-state index is 0.0615. The third kappa shape index (κ3) is 3.39. The highest BCUT2D eigenvalue weighted by molar-refractivity contribution is 6.06. The highest BCUT2D eigenvalue weighted by atomic mass is 19.1. The largest absolute Gasteiger partial charge is 0.378 e. The lowest BCUT2D eigenvalue weighted by Gasteiger charge is -2.26. The fourth-order valence-corrected chi connectivity index (χ4v) is 3.02. The number of pyridine rings is 1. The molecule has 138 valence electrons. The van der Waals surface area contributed by atoms with Crippen molar-refractivity contribution < 1.29 is 18.7 Å². The lowest BCUT2D eigenvalue weighted by molar-refractivity contribution is 0.0300. The van der Waals surface area contributed by atoms with Crippen LogP contribution in [0.15, 0.2) is 48.7 Å². The molecule has 3 heterocycles. The number of nitrogens with one attached hydrogen (secondary N) is 1. The molecular formula is C19H17FN4O3. The zero-order chi connectivity index (χ0) is 18.8. The van der Waals surface area contributed by atoms with E-state index in [4.69, 9.17) is 4.74 Å². The molecule has 2 aromatic heterocycles. The van der Waals surface area contributed by atoms with Gasteiger partial charge in [0.2, 0.25) is 5.82 Å². The van der Waals surface area contributed by atoms with Crippen LogP contribution in [0.1, 0.15) is 21.1 Å². The Morgan fingerprint density at radius 1 is 1.11 bits per heavy atom. The highest BCUT2D eigenvalue weighted by Gasteiger charge is 2.26. The first-order chi connectivity index (χ1) is 13.1. The fraction of sp³-hybridized carbons (Fsp3) is 0.211. The normalized spacial score (nSPS) is 14.3. The first-order valence-corrected chi connectivity index (χ1v) is 8.54. The van der Waals surface area contributed by atoms with Crippen LogP contribution in [-0.4, -0.2) is 52.4 Å².